The van der Waals surface area contributed by atoms with Crippen molar-refractivity contribution in [1.29, 1.82) is 0 Å². The summed E-state index contributed by atoms with van der Waals surface area (Å²) in [6, 6.07) is 12.2. The van der Waals surface area contributed by atoms with Gasteiger partial charge in [-0.25, -0.2) is 12.7 Å². The van der Waals surface area contributed by atoms with E-state index < -0.39 is 15.9 Å². The van der Waals surface area contributed by atoms with Gasteiger partial charge in [-0.05, 0) is 48.2 Å². The van der Waals surface area contributed by atoms with Crippen LogP contribution in [0.3, 0.4) is 0 Å². The van der Waals surface area contributed by atoms with Crippen molar-refractivity contribution in [2.24, 2.45) is 5.92 Å². The Morgan fingerprint density at radius 3 is 2.70 bits per heavy atom. The van der Waals surface area contributed by atoms with Crippen LogP contribution in [0.1, 0.15) is 24.0 Å². The molecule has 2 aromatic carbocycles. The first-order chi connectivity index (χ1) is 14.3. The van der Waals surface area contributed by atoms with Gasteiger partial charge in [-0.15, -0.1) is 0 Å². The van der Waals surface area contributed by atoms with Gasteiger partial charge in [0.1, 0.15) is 0 Å². The molecule has 1 atom stereocenters. The van der Waals surface area contributed by atoms with E-state index in [4.69, 9.17) is 27.9 Å². The first-order valence-electron chi connectivity index (χ1n) is 9.59. The van der Waals surface area contributed by atoms with E-state index in [9.17, 15) is 13.2 Å². The third-order valence-electron chi connectivity index (χ3n) is 4.99. The molecule has 2 aromatic rings. The quantitative estimate of drug-likeness (QED) is 0.653. The van der Waals surface area contributed by atoms with Gasteiger partial charge in [-0.1, -0.05) is 41.4 Å². The number of ether oxygens (including phenoxy) is 1. The van der Waals surface area contributed by atoms with Crippen LogP contribution in [0, 0.1) is 5.92 Å². The molecule has 1 fully saturated rings. The second-order valence-electron chi connectivity index (χ2n) is 7.32. The molecular formula is C21H24Cl2N2O4S. The van der Waals surface area contributed by atoms with Crippen molar-refractivity contribution in [3.63, 3.8) is 0 Å². The molecule has 3 rings (SSSR count). The van der Waals surface area contributed by atoms with Crippen molar-refractivity contribution in [1.82, 2.24) is 4.31 Å². The monoisotopic (exact) mass is 470 g/mol. The molecule has 0 saturated carbocycles. The minimum Gasteiger partial charge on any atom is -0.380 e. The molecule has 1 N–H and O–H groups in total. The van der Waals surface area contributed by atoms with Crippen molar-refractivity contribution in [2.75, 3.05) is 25.5 Å². The lowest BCUT2D eigenvalue weighted by Gasteiger charge is -2.31. The van der Waals surface area contributed by atoms with E-state index in [-0.39, 0.29) is 18.2 Å². The average Bonchev–Trinajstić information content (AvgIpc) is 2.71. The van der Waals surface area contributed by atoms with E-state index in [0.717, 1.165) is 5.56 Å². The molecule has 1 heterocycles. The highest BCUT2D eigenvalue weighted by Crippen LogP contribution is 2.26. The Balaban J connectivity index is 1.65. The summed E-state index contributed by atoms with van der Waals surface area (Å²) in [6.45, 7) is 1.01. The summed E-state index contributed by atoms with van der Waals surface area (Å²) in [5, 5.41) is 3.59. The van der Waals surface area contributed by atoms with Crippen LogP contribution in [0.5, 0.6) is 0 Å². The number of benzene rings is 2. The molecule has 6 nitrogen and oxygen atoms in total. The number of carbonyl (C=O) groups excluding carboxylic acids is 1. The van der Waals surface area contributed by atoms with Crippen LogP contribution in [0.25, 0.3) is 0 Å². The van der Waals surface area contributed by atoms with Crippen LogP contribution >= 0.6 is 23.2 Å². The molecule has 1 saturated heterocycles. The summed E-state index contributed by atoms with van der Waals surface area (Å²) in [4.78, 5) is 12.8. The number of sulfonamides is 1. The van der Waals surface area contributed by atoms with Gasteiger partial charge in [-0.3, -0.25) is 4.79 Å². The summed E-state index contributed by atoms with van der Waals surface area (Å²) in [7, 11) is -1.97. The summed E-state index contributed by atoms with van der Waals surface area (Å²) in [5.41, 5.74) is 2.18. The van der Waals surface area contributed by atoms with Crippen LogP contribution in [-0.4, -0.2) is 38.8 Å². The Morgan fingerprint density at radius 2 is 1.97 bits per heavy atom. The maximum absolute atomic E-state index is 12.9. The molecule has 0 bridgehead atoms. The SMILES string of the molecule is COCc1cccc(NC(=O)C2CCCN(S(=O)(=O)Cc3ccc(Cl)c(Cl)c3)C2)c1. The largest absolute Gasteiger partial charge is 0.380 e. The average molecular weight is 471 g/mol. The number of amides is 1. The van der Waals surface area contributed by atoms with Gasteiger partial charge >= 0.3 is 0 Å². The lowest BCUT2D eigenvalue weighted by molar-refractivity contribution is -0.120. The number of methoxy groups -OCH3 is 1. The fourth-order valence-electron chi connectivity index (χ4n) is 3.49. The van der Waals surface area contributed by atoms with Gasteiger partial charge in [0.15, 0.2) is 0 Å². The van der Waals surface area contributed by atoms with Crippen LogP contribution in [-0.2, 0) is 31.9 Å². The van der Waals surface area contributed by atoms with Gasteiger partial charge < -0.3 is 10.1 Å². The number of anilines is 1. The van der Waals surface area contributed by atoms with Crippen molar-refractivity contribution in [3.8, 4) is 0 Å². The van der Waals surface area contributed by atoms with Crippen molar-refractivity contribution < 1.29 is 17.9 Å². The molecule has 30 heavy (non-hydrogen) atoms. The summed E-state index contributed by atoms with van der Waals surface area (Å²) < 4.78 is 32.3. The number of nitrogens with zero attached hydrogens (tertiary/aromatic N) is 1. The zero-order valence-corrected chi connectivity index (χ0v) is 18.9. The standard InChI is InChI=1S/C21H24Cl2N2O4S/c1-29-13-15-4-2-6-18(10-15)24-21(26)17-5-3-9-25(12-17)30(27,28)14-16-7-8-19(22)20(23)11-16/h2,4,6-8,10-11,17H,3,5,9,12-14H2,1H3,(H,24,26). The van der Waals surface area contributed by atoms with Crippen molar-refractivity contribution in [2.45, 2.75) is 25.2 Å². The fourth-order valence-corrected chi connectivity index (χ4v) is 5.41. The number of rotatable bonds is 7. The lowest BCUT2D eigenvalue weighted by Crippen LogP contribution is -2.44. The second kappa shape index (κ2) is 10.1. The second-order valence-corrected chi connectivity index (χ2v) is 10.1. The zero-order chi connectivity index (χ0) is 21.7. The molecule has 0 radical (unpaired) electrons. The number of hydrogen-bond donors (Lipinski definition) is 1. The Labute approximate surface area is 187 Å². The minimum absolute atomic E-state index is 0.160. The first-order valence-corrected chi connectivity index (χ1v) is 12.0. The van der Waals surface area contributed by atoms with E-state index in [1.165, 1.54) is 4.31 Å². The Bertz CT molecular complexity index is 1010. The molecule has 1 amide bonds. The molecular weight excluding hydrogens is 447 g/mol. The number of nitrogens with one attached hydrogen (secondary N) is 1. The highest BCUT2D eigenvalue weighted by Gasteiger charge is 2.32. The van der Waals surface area contributed by atoms with Gasteiger partial charge in [-0.2, -0.15) is 0 Å². The third kappa shape index (κ3) is 5.95. The van der Waals surface area contributed by atoms with Crippen LogP contribution < -0.4 is 5.32 Å². The van der Waals surface area contributed by atoms with Crippen LogP contribution in [0.4, 0.5) is 5.69 Å². The molecule has 9 heteroatoms. The molecule has 1 unspecified atom stereocenters. The zero-order valence-electron chi connectivity index (χ0n) is 16.6. The topological polar surface area (TPSA) is 75.7 Å². The van der Waals surface area contributed by atoms with E-state index >= 15 is 0 Å². The van der Waals surface area contributed by atoms with Gasteiger partial charge in [0.25, 0.3) is 0 Å². The highest BCUT2D eigenvalue weighted by molar-refractivity contribution is 7.88. The molecule has 0 spiro atoms. The number of hydrogen-bond acceptors (Lipinski definition) is 4. The number of carbonyl (C=O) groups is 1. The maximum Gasteiger partial charge on any atom is 0.228 e. The fraction of sp³-hybridized carbons (Fsp3) is 0.381. The smallest absolute Gasteiger partial charge is 0.228 e. The van der Waals surface area contributed by atoms with E-state index in [1.807, 2.05) is 18.2 Å². The normalized spacial score (nSPS) is 17.6. The summed E-state index contributed by atoms with van der Waals surface area (Å²) in [5.74, 6) is -0.774. The molecule has 0 aliphatic carbocycles. The molecule has 0 aromatic heterocycles. The Hall–Kier alpha value is -1.64. The molecule has 1 aliphatic heterocycles. The van der Waals surface area contributed by atoms with Gasteiger partial charge in [0, 0.05) is 25.9 Å². The number of halogens is 2. The maximum atomic E-state index is 12.9. The molecule has 162 valence electrons. The van der Waals surface area contributed by atoms with Crippen LogP contribution in [0.15, 0.2) is 42.5 Å². The van der Waals surface area contributed by atoms with E-state index in [0.29, 0.717) is 47.3 Å². The minimum atomic E-state index is -3.58. The highest BCUT2D eigenvalue weighted by atomic mass is 35.5. The predicted molar refractivity (Wildman–Crippen MR) is 119 cm³/mol. The third-order valence-corrected chi connectivity index (χ3v) is 7.54. The number of piperidine rings is 1. The summed E-state index contributed by atoms with van der Waals surface area (Å²) in [6.07, 6.45) is 1.27. The predicted octanol–water partition coefficient (Wildman–Crippen LogP) is 4.32. The van der Waals surface area contributed by atoms with Crippen molar-refractivity contribution in [3.05, 3.63) is 63.6 Å². The van der Waals surface area contributed by atoms with E-state index in [2.05, 4.69) is 5.32 Å². The van der Waals surface area contributed by atoms with E-state index in [1.54, 1.807) is 31.4 Å². The summed E-state index contributed by atoms with van der Waals surface area (Å²) >= 11 is 11.9. The first kappa shape index (κ1) is 23.0. The van der Waals surface area contributed by atoms with Crippen LogP contribution in [0.2, 0.25) is 10.0 Å². The Morgan fingerprint density at radius 1 is 1.17 bits per heavy atom. The molecule has 1 aliphatic rings. The van der Waals surface area contributed by atoms with Gasteiger partial charge in [0.05, 0.1) is 28.3 Å². The van der Waals surface area contributed by atoms with Crippen molar-refractivity contribution >= 4 is 44.8 Å². The Kier molecular flexibility index (Phi) is 7.76. The van der Waals surface area contributed by atoms with Gasteiger partial charge in [0.2, 0.25) is 15.9 Å². The lowest BCUT2D eigenvalue weighted by atomic mass is 9.98.